The summed E-state index contributed by atoms with van der Waals surface area (Å²) < 4.78 is 5.24. The second-order valence-corrected chi connectivity index (χ2v) is 8.04. The lowest BCUT2D eigenvalue weighted by Crippen LogP contribution is -2.54. The van der Waals surface area contributed by atoms with Crippen molar-refractivity contribution in [1.82, 2.24) is 26.1 Å². The molecule has 0 spiro atoms. The van der Waals surface area contributed by atoms with E-state index < -0.39 is 0 Å². The standard InChI is InChI=1S/C21H23ClN6O2/c22-15-5-3-14(4-6-15)17-12-18-21-25-24-19(27(21)9-10-28(18)26-17)7-8-20(29)23-13-16-2-1-11-30-16/h1-6,9-11,17-18,21,25-26H,7-8,12-13H2,(H,23,29). The molecule has 0 bridgehead atoms. The van der Waals surface area contributed by atoms with E-state index in [0.29, 0.717) is 19.4 Å². The second kappa shape index (κ2) is 8.04. The monoisotopic (exact) mass is 426 g/mol. The van der Waals surface area contributed by atoms with Gasteiger partial charge in [0.15, 0.2) is 0 Å². The van der Waals surface area contributed by atoms with Gasteiger partial charge in [-0.1, -0.05) is 23.7 Å². The molecule has 1 fully saturated rings. The van der Waals surface area contributed by atoms with Gasteiger partial charge in [0.05, 0.1) is 24.9 Å². The Morgan fingerprint density at radius 3 is 2.93 bits per heavy atom. The third kappa shape index (κ3) is 3.76. The zero-order valence-electron chi connectivity index (χ0n) is 16.3. The fourth-order valence-corrected chi connectivity index (χ4v) is 4.26. The maximum Gasteiger partial charge on any atom is 0.220 e. The van der Waals surface area contributed by atoms with Crippen molar-refractivity contribution in [3.8, 4) is 0 Å². The average Bonchev–Trinajstić information content (AvgIpc) is 3.50. The highest BCUT2D eigenvalue weighted by atomic mass is 35.5. The van der Waals surface area contributed by atoms with E-state index in [1.807, 2.05) is 36.7 Å². The molecule has 1 aromatic heterocycles. The smallest absolute Gasteiger partial charge is 0.220 e. The van der Waals surface area contributed by atoms with Gasteiger partial charge < -0.3 is 19.6 Å². The molecule has 1 saturated heterocycles. The Bertz CT molecular complexity index is 958. The lowest BCUT2D eigenvalue weighted by atomic mass is 9.99. The van der Waals surface area contributed by atoms with Crippen molar-refractivity contribution in [3.05, 3.63) is 71.4 Å². The molecule has 2 aromatic rings. The molecule has 1 amide bonds. The molecule has 9 heteroatoms. The second-order valence-electron chi connectivity index (χ2n) is 7.61. The molecule has 0 aliphatic carbocycles. The summed E-state index contributed by atoms with van der Waals surface area (Å²) in [7, 11) is 0. The van der Waals surface area contributed by atoms with E-state index >= 15 is 0 Å². The van der Waals surface area contributed by atoms with Crippen molar-refractivity contribution in [1.29, 1.82) is 0 Å². The first-order valence-electron chi connectivity index (χ1n) is 10.1. The molecular weight excluding hydrogens is 404 g/mol. The first kappa shape index (κ1) is 19.0. The number of rotatable bonds is 6. The van der Waals surface area contributed by atoms with Crippen LogP contribution in [0, 0.1) is 0 Å². The van der Waals surface area contributed by atoms with Crippen LogP contribution in [0.1, 0.15) is 36.6 Å². The fourth-order valence-electron chi connectivity index (χ4n) is 4.14. The van der Waals surface area contributed by atoms with Crippen LogP contribution in [0.15, 0.2) is 64.6 Å². The minimum absolute atomic E-state index is 0.0227. The maximum absolute atomic E-state index is 12.2. The summed E-state index contributed by atoms with van der Waals surface area (Å²) in [6.45, 7) is 0.400. The summed E-state index contributed by atoms with van der Waals surface area (Å²) in [5.74, 6) is 1.59. The molecule has 3 aliphatic heterocycles. The van der Waals surface area contributed by atoms with Crippen LogP contribution in [-0.2, 0) is 11.3 Å². The maximum atomic E-state index is 12.2. The number of nitrogens with zero attached hydrogens (tertiary/aromatic N) is 3. The van der Waals surface area contributed by atoms with Crippen LogP contribution in [-0.4, -0.2) is 33.9 Å². The zero-order valence-corrected chi connectivity index (χ0v) is 17.0. The van der Waals surface area contributed by atoms with Gasteiger partial charge in [-0.3, -0.25) is 10.2 Å². The quantitative estimate of drug-likeness (QED) is 0.658. The molecule has 3 aliphatic rings. The molecular formula is C21H23ClN6O2. The first-order valence-corrected chi connectivity index (χ1v) is 10.4. The molecule has 3 atom stereocenters. The third-order valence-corrected chi connectivity index (χ3v) is 5.96. The van der Waals surface area contributed by atoms with Gasteiger partial charge in [0.25, 0.3) is 0 Å². The summed E-state index contributed by atoms with van der Waals surface area (Å²) in [4.78, 5) is 14.3. The highest BCUT2D eigenvalue weighted by Gasteiger charge is 2.44. The van der Waals surface area contributed by atoms with Gasteiger partial charge in [-0.25, -0.2) is 5.43 Å². The summed E-state index contributed by atoms with van der Waals surface area (Å²) in [5.41, 5.74) is 8.01. The van der Waals surface area contributed by atoms with Crippen LogP contribution in [0.2, 0.25) is 5.02 Å². The van der Waals surface area contributed by atoms with Crippen molar-refractivity contribution >= 4 is 23.3 Å². The summed E-state index contributed by atoms with van der Waals surface area (Å²) in [6, 6.07) is 12.1. The van der Waals surface area contributed by atoms with Crippen LogP contribution >= 0.6 is 11.6 Å². The van der Waals surface area contributed by atoms with Gasteiger partial charge in [-0.05, 0) is 36.2 Å². The number of hydrogen-bond donors (Lipinski definition) is 3. The van der Waals surface area contributed by atoms with Crippen molar-refractivity contribution < 1.29 is 9.21 Å². The summed E-state index contributed by atoms with van der Waals surface area (Å²) in [5, 5.41) is 10.3. The van der Waals surface area contributed by atoms with Crippen LogP contribution in [0.25, 0.3) is 0 Å². The number of amides is 1. The van der Waals surface area contributed by atoms with E-state index in [1.165, 1.54) is 5.56 Å². The predicted molar refractivity (Wildman–Crippen MR) is 113 cm³/mol. The normalized spacial score (nSPS) is 24.3. The predicted octanol–water partition coefficient (Wildman–Crippen LogP) is 2.68. The number of nitrogens with one attached hydrogen (secondary N) is 3. The Kier molecular flexibility index (Phi) is 5.10. The molecule has 156 valence electrons. The number of hydrogen-bond acceptors (Lipinski definition) is 7. The van der Waals surface area contributed by atoms with Crippen molar-refractivity contribution in [3.63, 3.8) is 0 Å². The number of hydrazine groups is 1. The molecule has 4 heterocycles. The minimum atomic E-state index is -0.0227. The lowest BCUT2D eigenvalue weighted by molar-refractivity contribution is -0.121. The number of carbonyl (C=O) groups is 1. The van der Waals surface area contributed by atoms with Gasteiger partial charge in [0, 0.05) is 30.3 Å². The SMILES string of the molecule is O=C(CCC1=NNC2C3CC(c4ccc(Cl)cc4)NN3C=CN12)NCc1ccco1. The van der Waals surface area contributed by atoms with Gasteiger partial charge in [-0.2, -0.15) is 5.10 Å². The minimum Gasteiger partial charge on any atom is -0.467 e. The van der Waals surface area contributed by atoms with Gasteiger partial charge in [-0.15, -0.1) is 0 Å². The lowest BCUT2D eigenvalue weighted by Gasteiger charge is -2.37. The molecule has 3 unspecified atom stereocenters. The van der Waals surface area contributed by atoms with Crippen LogP contribution in [0.4, 0.5) is 0 Å². The van der Waals surface area contributed by atoms with Gasteiger partial charge >= 0.3 is 0 Å². The van der Waals surface area contributed by atoms with E-state index in [9.17, 15) is 4.79 Å². The Hall–Kier alpha value is -2.97. The van der Waals surface area contributed by atoms with Crippen molar-refractivity contribution in [2.24, 2.45) is 5.10 Å². The van der Waals surface area contributed by atoms with E-state index in [2.05, 4.69) is 43.3 Å². The van der Waals surface area contributed by atoms with Crippen LogP contribution in [0.5, 0.6) is 0 Å². The number of halogens is 1. The molecule has 0 saturated carbocycles. The van der Waals surface area contributed by atoms with Gasteiger partial charge in [0.1, 0.15) is 17.8 Å². The third-order valence-electron chi connectivity index (χ3n) is 5.70. The van der Waals surface area contributed by atoms with E-state index in [0.717, 1.165) is 23.0 Å². The largest absolute Gasteiger partial charge is 0.467 e. The Balaban J connectivity index is 1.16. The summed E-state index contributed by atoms with van der Waals surface area (Å²) in [6.07, 6.45) is 7.57. The fraction of sp³-hybridized carbons (Fsp3) is 0.333. The summed E-state index contributed by atoms with van der Waals surface area (Å²) >= 11 is 6.02. The average molecular weight is 427 g/mol. The molecule has 5 rings (SSSR count). The van der Waals surface area contributed by atoms with Crippen LogP contribution < -0.4 is 16.2 Å². The topological polar surface area (TPSA) is 85.1 Å². The van der Waals surface area contributed by atoms with Crippen molar-refractivity contribution in [2.75, 3.05) is 0 Å². The van der Waals surface area contributed by atoms with E-state index in [4.69, 9.17) is 16.0 Å². The van der Waals surface area contributed by atoms with Crippen molar-refractivity contribution in [2.45, 2.75) is 44.1 Å². The number of fused-ring (bicyclic) bond motifs is 3. The first-order chi connectivity index (χ1) is 14.7. The number of furan rings is 1. The molecule has 30 heavy (non-hydrogen) atoms. The zero-order chi connectivity index (χ0) is 20.5. The molecule has 8 nitrogen and oxygen atoms in total. The molecule has 3 N–H and O–H groups in total. The highest BCUT2D eigenvalue weighted by Crippen LogP contribution is 2.34. The Labute approximate surface area is 179 Å². The highest BCUT2D eigenvalue weighted by molar-refractivity contribution is 6.30. The van der Waals surface area contributed by atoms with Gasteiger partial charge in [0.2, 0.25) is 5.91 Å². The van der Waals surface area contributed by atoms with Crippen LogP contribution in [0.3, 0.4) is 0 Å². The number of benzene rings is 1. The number of amidine groups is 1. The van der Waals surface area contributed by atoms with E-state index in [1.54, 1.807) is 6.26 Å². The molecule has 1 aromatic carbocycles. The van der Waals surface area contributed by atoms with E-state index in [-0.39, 0.29) is 24.2 Å². The number of carbonyl (C=O) groups excluding carboxylic acids is 1. The Morgan fingerprint density at radius 2 is 2.13 bits per heavy atom. The molecule has 0 radical (unpaired) electrons. The number of hydrazone groups is 1. The Morgan fingerprint density at radius 1 is 1.27 bits per heavy atom.